The SMILES string of the molecule is CCN(CC)C(=O)Cn1cc(-c2cccc(N)c2)cn1. The maximum absolute atomic E-state index is 12.0. The highest BCUT2D eigenvalue weighted by atomic mass is 16.2. The summed E-state index contributed by atoms with van der Waals surface area (Å²) in [5, 5.41) is 4.24. The van der Waals surface area contributed by atoms with Crippen molar-refractivity contribution in [2.45, 2.75) is 20.4 Å². The standard InChI is InChI=1S/C15H20N4O/c1-3-18(4-2)15(20)11-19-10-13(9-17-19)12-6-5-7-14(16)8-12/h5-10H,3-4,11,16H2,1-2H3. The maximum atomic E-state index is 12.0. The second-order valence-electron chi connectivity index (χ2n) is 4.62. The minimum atomic E-state index is 0.0808. The highest BCUT2D eigenvalue weighted by Crippen LogP contribution is 2.20. The predicted octanol–water partition coefficient (Wildman–Crippen LogP) is 2.00. The van der Waals surface area contributed by atoms with Gasteiger partial charge >= 0.3 is 0 Å². The lowest BCUT2D eigenvalue weighted by molar-refractivity contribution is -0.131. The molecule has 0 unspecified atom stereocenters. The summed E-state index contributed by atoms with van der Waals surface area (Å²) < 4.78 is 1.67. The first-order valence-corrected chi connectivity index (χ1v) is 6.80. The number of carbonyl (C=O) groups excluding carboxylic acids is 1. The van der Waals surface area contributed by atoms with E-state index in [2.05, 4.69) is 5.10 Å². The molecular formula is C15H20N4O. The van der Waals surface area contributed by atoms with E-state index in [1.54, 1.807) is 15.8 Å². The lowest BCUT2D eigenvalue weighted by Gasteiger charge is -2.18. The molecule has 2 rings (SSSR count). The maximum Gasteiger partial charge on any atom is 0.244 e. The van der Waals surface area contributed by atoms with Crippen LogP contribution in [0.5, 0.6) is 0 Å². The fraction of sp³-hybridized carbons (Fsp3) is 0.333. The lowest BCUT2D eigenvalue weighted by Crippen LogP contribution is -2.33. The zero-order valence-corrected chi connectivity index (χ0v) is 11.9. The molecule has 1 heterocycles. The third-order valence-electron chi connectivity index (χ3n) is 3.27. The third-order valence-corrected chi connectivity index (χ3v) is 3.27. The Morgan fingerprint density at radius 2 is 2.05 bits per heavy atom. The van der Waals surface area contributed by atoms with Crippen molar-refractivity contribution in [1.29, 1.82) is 0 Å². The molecule has 0 radical (unpaired) electrons. The summed E-state index contributed by atoms with van der Waals surface area (Å²) >= 11 is 0. The van der Waals surface area contributed by atoms with Crippen molar-refractivity contribution in [2.24, 2.45) is 0 Å². The lowest BCUT2D eigenvalue weighted by atomic mass is 10.1. The fourth-order valence-corrected chi connectivity index (χ4v) is 2.13. The van der Waals surface area contributed by atoms with Crippen LogP contribution >= 0.6 is 0 Å². The number of benzene rings is 1. The zero-order valence-electron chi connectivity index (χ0n) is 11.9. The molecule has 5 heteroatoms. The van der Waals surface area contributed by atoms with Crippen molar-refractivity contribution < 1.29 is 4.79 Å². The Morgan fingerprint density at radius 1 is 1.30 bits per heavy atom. The van der Waals surface area contributed by atoms with Gasteiger partial charge in [-0.1, -0.05) is 12.1 Å². The molecule has 1 amide bonds. The van der Waals surface area contributed by atoms with E-state index >= 15 is 0 Å². The van der Waals surface area contributed by atoms with Crippen molar-refractivity contribution in [3.8, 4) is 11.1 Å². The van der Waals surface area contributed by atoms with Gasteiger partial charge in [0.25, 0.3) is 0 Å². The Kier molecular flexibility index (Phi) is 4.40. The molecule has 0 bridgehead atoms. The highest BCUT2D eigenvalue weighted by Gasteiger charge is 2.11. The first-order valence-electron chi connectivity index (χ1n) is 6.80. The monoisotopic (exact) mass is 272 g/mol. The summed E-state index contributed by atoms with van der Waals surface area (Å²) in [4.78, 5) is 13.8. The molecule has 0 atom stereocenters. The van der Waals surface area contributed by atoms with Gasteiger partial charge < -0.3 is 10.6 Å². The predicted molar refractivity (Wildman–Crippen MR) is 80.0 cm³/mol. The molecule has 5 nitrogen and oxygen atoms in total. The van der Waals surface area contributed by atoms with Gasteiger partial charge in [-0.05, 0) is 31.5 Å². The van der Waals surface area contributed by atoms with Gasteiger partial charge in [-0.15, -0.1) is 0 Å². The van der Waals surface area contributed by atoms with Gasteiger partial charge in [0.15, 0.2) is 0 Å². The summed E-state index contributed by atoms with van der Waals surface area (Å²) in [7, 11) is 0. The normalized spacial score (nSPS) is 10.5. The van der Waals surface area contributed by atoms with Gasteiger partial charge in [0.2, 0.25) is 5.91 Å². The van der Waals surface area contributed by atoms with E-state index in [0.29, 0.717) is 0 Å². The van der Waals surface area contributed by atoms with Gasteiger partial charge in [-0.25, -0.2) is 0 Å². The van der Waals surface area contributed by atoms with E-state index in [4.69, 9.17) is 5.73 Å². The smallest absolute Gasteiger partial charge is 0.244 e. The number of nitrogens with zero attached hydrogens (tertiary/aromatic N) is 3. The molecule has 2 N–H and O–H groups in total. The van der Waals surface area contributed by atoms with Gasteiger partial charge in [0.05, 0.1) is 6.20 Å². The van der Waals surface area contributed by atoms with Gasteiger partial charge in [-0.3, -0.25) is 9.48 Å². The molecule has 20 heavy (non-hydrogen) atoms. The average molecular weight is 272 g/mol. The second-order valence-corrected chi connectivity index (χ2v) is 4.62. The topological polar surface area (TPSA) is 64.2 Å². The molecule has 1 aromatic carbocycles. The van der Waals surface area contributed by atoms with Crippen molar-refractivity contribution in [3.05, 3.63) is 36.7 Å². The largest absolute Gasteiger partial charge is 0.399 e. The van der Waals surface area contributed by atoms with Crippen LogP contribution in [-0.2, 0) is 11.3 Å². The third kappa shape index (κ3) is 3.17. The van der Waals surface area contributed by atoms with E-state index in [9.17, 15) is 4.79 Å². The molecule has 2 aromatic rings. The molecule has 1 aromatic heterocycles. The summed E-state index contributed by atoms with van der Waals surface area (Å²) in [6.07, 6.45) is 3.63. The quantitative estimate of drug-likeness (QED) is 0.847. The van der Waals surface area contributed by atoms with E-state index in [-0.39, 0.29) is 12.5 Å². The van der Waals surface area contributed by atoms with E-state index in [1.165, 1.54) is 0 Å². The number of anilines is 1. The minimum Gasteiger partial charge on any atom is -0.399 e. The highest BCUT2D eigenvalue weighted by molar-refractivity contribution is 5.76. The summed E-state index contributed by atoms with van der Waals surface area (Å²) in [5.74, 6) is 0.0808. The van der Waals surface area contributed by atoms with Crippen LogP contribution in [0, 0.1) is 0 Å². The summed E-state index contributed by atoms with van der Waals surface area (Å²) in [6.45, 7) is 5.66. The zero-order chi connectivity index (χ0) is 14.5. The second kappa shape index (κ2) is 6.23. The van der Waals surface area contributed by atoms with E-state index < -0.39 is 0 Å². The van der Waals surface area contributed by atoms with Crippen LogP contribution in [0.15, 0.2) is 36.7 Å². The Labute approximate surface area is 119 Å². The molecule has 0 spiro atoms. The van der Waals surface area contributed by atoms with Crippen molar-refractivity contribution >= 4 is 11.6 Å². The van der Waals surface area contributed by atoms with Crippen LogP contribution in [0.1, 0.15) is 13.8 Å². The average Bonchev–Trinajstić information content (AvgIpc) is 2.88. The number of aromatic nitrogens is 2. The number of nitrogen functional groups attached to an aromatic ring is 1. The summed E-state index contributed by atoms with van der Waals surface area (Å²) in [5.41, 5.74) is 8.46. The Bertz CT molecular complexity index is 587. The molecule has 0 aliphatic carbocycles. The van der Waals surface area contributed by atoms with Crippen LogP contribution in [-0.4, -0.2) is 33.7 Å². The number of hydrogen-bond acceptors (Lipinski definition) is 3. The molecule has 0 saturated carbocycles. The Balaban J connectivity index is 2.11. The van der Waals surface area contributed by atoms with Crippen LogP contribution in [0.4, 0.5) is 5.69 Å². The van der Waals surface area contributed by atoms with Crippen LogP contribution < -0.4 is 5.73 Å². The number of rotatable bonds is 5. The Hall–Kier alpha value is -2.30. The molecule has 0 saturated heterocycles. The van der Waals surface area contributed by atoms with Gasteiger partial charge in [0.1, 0.15) is 6.54 Å². The number of nitrogens with two attached hydrogens (primary N) is 1. The Morgan fingerprint density at radius 3 is 2.70 bits per heavy atom. The summed E-state index contributed by atoms with van der Waals surface area (Å²) in [6, 6.07) is 7.62. The molecule has 0 aliphatic rings. The fourth-order valence-electron chi connectivity index (χ4n) is 2.13. The first-order chi connectivity index (χ1) is 9.63. The molecule has 0 aliphatic heterocycles. The van der Waals surface area contributed by atoms with Gasteiger partial charge in [0, 0.05) is 30.5 Å². The van der Waals surface area contributed by atoms with Crippen molar-refractivity contribution in [2.75, 3.05) is 18.8 Å². The van der Waals surface area contributed by atoms with Crippen molar-refractivity contribution in [3.63, 3.8) is 0 Å². The number of likely N-dealkylation sites (N-methyl/N-ethyl adjacent to an activating group) is 1. The van der Waals surface area contributed by atoms with Crippen LogP contribution in [0.25, 0.3) is 11.1 Å². The molecular weight excluding hydrogens is 252 g/mol. The number of amides is 1. The van der Waals surface area contributed by atoms with Crippen LogP contribution in [0.3, 0.4) is 0 Å². The number of carbonyl (C=O) groups is 1. The first kappa shape index (κ1) is 14.1. The molecule has 106 valence electrons. The van der Waals surface area contributed by atoms with Crippen LogP contribution in [0.2, 0.25) is 0 Å². The van der Waals surface area contributed by atoms with Crippen molar-refractivity contribution in [1.82, 2.24) is 14.7 Å². The minimum absolute atomic E-state index is 0.0808. The number of hydrogen-bond donors (Lipinski definition) is 1. The van der Waals surface area contributed by atoms with E-state index in [1.807, 2.05) is 44.3 Å². The van der Waals surface area contributed by atoms with Gasteiger partial charge in [-0.2, -0.15) is 5.10 Å². The van der Waals surface area contributed by atoms with E-state index in [0.717, 1.165) is 29.9 Å². The molecule has 0 fully saturated rings.